The fourth-order valence-electron chi connectivity index (χ4n) is 4.82. The first-order valence-corrected chi connectivity index (χ1v) is 11.1. The van der Waals surface area contributed by atoms with Crippen LogP contribution in [-0.2, 0) is 19.1 Å². The van der Waals surface area contributed by atoms with Crippen molar-refractivity contribution in [2.75, 3.05) is 14.2 Å². The van der Waals surface area contributed by atoms with Crippen LogP contribution in [0.25, 0.3) is 0 Å². The van der Waals surface area contributed by atoms with E-state index in [1.807, 2.05) is 37.3 Å². The lowest BCUT2D eigenvalue weighted by Crippen LogP contribution is -2.36. The summed E-state index contributed by atoms with van der Waals surface area (Å²) in [6.45, 7) is 3.12. The standard InChI is InChI=1S/C27H27NO6/c1-15-24(27(31)33-4)25(18-10-11-22(34-16(2)29)23(14-18)32-3)26-20(28-15)12-19(13-21(26)30)17-8-6-5-7-9-17/h5-11,14,19,25,28H,12-13H2,1-4H3/t19-,25-/m0/s1. The number of allylic oxidation sites excluding steroid dienone is 3. The van der Waals surface area contributed by atoms with Gasteiger partial charge in [0.1, 0.15) is 0 Å². The lowest BCUT2D eigenvalue weighted by molar-refractivity contribution is -0.136. The molecule has 1 aliphatic heterocycles. The molecule has 2 aromatic rings. The Morgan fingerprint density at radius 2 is 1.71 bits per heavy atom. The maximum absolute atomic E-state index is 13.6. The summed E-state index contributed by atoms with van der Waals surface area (Å²) in [5.41, 5.74) is 4.15. The molecule has 0 fully saturated rings. The second kappa shape index (κ2) is 9.55. The third-order valence-electron chi connectivity index (χ3n) is 6.28. The van der Waals surface area contributed by atoms with Gasteiger partial charge in [0.15, 0.2) is 17.3 Å². The van der Waals surface area contributed by atoms with Crippen molar-refractivity contribution in [3.05, 3.63) is 82.2 Å². The third-order valence-corrected chi connectivity index (χ3v) is 6.28. The fraction of sp³-hybridized carbons (Fsp3) is 0.296. The van der Waals surface area contributed by atoms with Crippen LogP contribution in [0.1, 0.15) is 49.7 Å². The Labute approximate surface area is 198 Å². The van der Waals surface area contributed by atoms with Crippen LogP contribution in [0.15, 0.2) is 71.1 Å². The van der Waals surface area contributed by atoms with Crippen molar-refractivity contribution in [1.82, 2.24) is 5.32 Å². The molecule has 1 heterocycles. The number of hydrogen-bond donors (Lipinski definition) is 1. The molecular formula is C27H27NO6. The first-order valence-electron chi connectivity index (χ1n) is 11.1. The Morgan fingerprint density at radius 1 is 0.971 bits per heavy atom. The quantitative estimate of drug-likeness (QED) is 0.528. The van der Waals surface area contributed by atoms with E-state index in [2.05, 4.69) is 5.32 Å². The average molecular weight is 462 g/mol. The highest BCUT2D eigenvalue weighted by atomic mass is 16.6. The van der Waals surface area contributed by atoms with Gasteiger partial charge in [-0.25, -0.2) is 4.79 Å². The number of benzene rings is 2. The molecule has 0 spiro atoms. The van der Waals surface area contributed by atoms with Gasteiger partial charge in [-0.1, -0.05) is 36.4 Å². The second-order valence-electron chi connectivity index (χ2n) is 8.42. The minimum Gasteiger partial charge on any atom is -0.493 e. The zero-order valence-electron chi connectivity index (χ0n) is 19.6. The van der Waals surface area contributed by atoms with E-state index in [-0.39, 0.29) is 17.5 Å². The SMILES string of the molecule is COC(=O)C1=C(C)NC2=C(C(=O)C[C@@H](c3ccccc3)C2)[C@H]1c1ccc(OC(C)=O)c(OC)c1. The van der Waals surface area contributed by atoms with Crippen molar-refractivity contribution >= 4 is 17.7 Å². The number of methoxy groups -OCH3 is 2. The highest BCUT2D eigenvalue weighted by Crippen LogP contribution is 2.46. The number of rotatable bonds is 5. The Morgan fingerprint density at radius 3 is 2.35 bits per heavy atom. The van der Waals surface area contributed by atoms with E-state index in [0.717, 1.165) is 11.3 Å². The number of Topliss-reactive ketones (excluding diaryl/α,β-unsaturated/α-hetero) is 1. The van der Waals surface area contributed by atoms with Crippen LogP contribution in [0, 0.1) is 0 Å². The summed E-state index contributed by atoms with van der Waals surface area (Å²) in [6, 6.07) is 15.0. The number of esters is 2. The molecule has 2 aromatic carbocycles. The summed E-state index contributed by atoms with van der Waals surface area (Å²) in [5.74, 6) is -0.991. The van der Waals surface area contributed by atoms with Crippen LogP contribution in [-0.4, -0.2) is 31.9 Å². The molecule has 0 saturated heterocycles. The molecule has 7 heteroatoms. The van der Waals surface area contributed by atoms with E-state index in [4.69, 9.17) is 14.2 Å². The summed E-state index contributed by atoms with van der Waals surface area (Å²) in [4.78, 5) is 37.9. The molecule has 0 unspecified atom stereocenters. The summed E-state index contributed by atoms with van der Waals surface area (Å²) in [6.07, 6.45) is 0.993. The monoisotopic (exact) mass is 461 g/mol. The molecule has 7 nitrogen and oxygen atoms in total. The van der Waals surface area contributed by atoms with Crippen LogP contribution in [0.3, 0.4) is 0 Å². The van der Waals surface area contributed by atoms with Gasteiger partial charge >= 0.3 is 11.9 Å². The molecule has 1 aliphatic carbocycles. The van der Waals surface area contributed by atoms with Crippen molar-refractivity contribution in [2.24, 2.45) is 0 Å². The second-order valence-corrected chi connectivity index (χ2v) is 8.42. The maximum atomic E-state index is 13.6. The summed E-state index contributed by atoms with van der Waals surface area (Å²) in [7, 11) is 2.79. The van der Waals surface area contributed by atoms with Gasteiger partial charge in [0.05, 0.1) is 19.8 Å². The van der Waals surface area contributed by atoms with Crippen LogP contribution in [0.4, 0.5) is 0 Å². The van der Waals surface area contributed by atoms with Gasteiger partial charge in [-0.3, -0.25) is 9.59 Å². The number of ketones is 1. The zero-order valence-corrected chi connectivity index (χ0v) is 19.6. The third kappa shape index (κ3) is 4.33. The van der Waals surface area contributed by atoms with Crippen LogP contribution < -0.4 is 14.8 Å². The zero-order chi connectivity index (χ0) is 24.4. The minimum absolute atomic E-state index is 0.0236. The Balaban J connectivity index is 1.82. The Hall–Kier alpha value is -3.87. The van der Waals surface area contributed by atoms with E-state index < -0.39 is 17.9 Å². The van der Waals surface area contributed by atoms with Gasteiger partial charge < -0.3 is 19.5 Å². The molecule has 176 valence electrons. The van der Waals surface area contributed by atoms with Crippen LogP contribution >= 0.6 is 0 Å². The Kier molecular flexibility index (Phi) is 6.54. The topological polar surface area (TPSA) is 90.9 Å². The minimum atomic E-state index is -0.631. The number of dihydropyridines is 1. The number of carbonyl (C=O) groups excluding carboxylic acids is 3. The summed E-state index contributed by atoms with van der Waals surface area (Å²) in [5, 5.41) is 3.32. The predicted molar refractivity (Wildman–Crippen MR) is 125 cm³/mol. The van der Waals surface area contributed by atoms with E-state index in [1.165, 1.54) is 21.1 Å². The van der Waals surface area contributed by atoms with Crippen molar-refractivity contribution in [2.45, 2.75) is 38.5 Å². The lowest BCUT2D eigenvalue weighted by atomic mass is 9.71. The molecule has 1 N–H and O–H groups in total. The van der Waals surface area contributed by atoms with Gasteiger partial charge in [0.25, 0.3) is 0 Å². The summed E-state index contributed by atoms with van der Waals surface area (Å²) < 4.78 is 15.7. The molecule has 2 aliphatic rings. The fourth-order valence-corrected chi connectivity index (χ4v) is 4.82. The summed E-state index contributed by atoms with van der Waals surface area (Å²) >= 11 is 0. The normalized spacial score (nSPS) is 19.8. The number of hydrogen-bond acceptors (Lipinski definition) is 7. The van der Waals surface area contributed by atoms with E-state index in [9.17, 15) is 14.4 Å². The molecule has 0 saturated carbocycles. The average Bonchev–Trinajstić information content (AvgIpc) is 2.83. The smallest absolute Gasteiger partial charge is 0.336 e. The lowest BCUT2D eigenvalue weighted by Gasteiger charge is -2.36. The van der Waals surface area contributed by atoms with Gasteiger partial charge in [0, 0.05) is 36.2 Å². The van der Waals surface area contributed by atoms with Gasteiger partial charge in [-0.2, -0.15) is 0 Å². The molecule has 0 bridgehead atoms. The largest absolute Gasteiger partial charge is 0.493 e. The predicted octanol–water partition coefficient (Wildman–Crippen LogP) is 4.16. The van der Waals surface area contributed by atoms with Gasteiger partial charge in [-0.05, 0) is 42.5 Å². The molecule has 4 rings (SSSR count). The number of ether oxygens (including phenoxy) is 3. The Bertz CT molecular complexity index is 1210. The van der Waals surface area contributed by atoms with Gasteiger partial charge in [0.2, 0.25) is 0 Å². The van der Waals surface area contributed by atoms with E-state index in [0.29, 0.717) is 41.0 Å². The van der Waals surface area contributed by atoms with E-state index in [1.54, 1.807) is 18.2 Å². The first kappa shape index (κ1) is 23.3. The number of nitrogens with one attached hydrogen (secondary N) is 1. The van der Waals surface area contributed by atoms with Gasteiger partial charge in [-0.15, -0.1) is 0 Å². The number of carbonyl (C=O) groups is 3. The highest BCUT2D eigenvalue weighted by molar-refractivity contribution is 6.04. The van der Waals surface area contributed by atoms with Crippen LogP contribution in [0.2, 0.25) is 0 Å². The van der Waals surface area contributed by atoms with Crippen molar-refractivity contribution < 1.29 is 28.6 Å². The van der Waals surface area contributed by atoms with E-state index >= 15 is 0 Å². The first-order chi connectivity index (χ1) is 16.3. The molecular weight excluding hydrogens is 434 g/mol. The van der Waals surface area contributed by atoms with Crippen molar-refractivity contribution in [3.8, 4) is 11.5 Å². The molecule has 0 aromatic heterocycles. The van der Waals surface area contributed by atoms with Crippen LogP contribution in [0.5, 0.6) is 11.5 Å². The highest BCUT2D eigenvalue weighted by Gasteiger charge is 2.41. The van der Waals surface area contributed by atoms with Crippen molar-refractivity contribution in [3.63, 3.8) is 0 Å². The molecule has 2 atom stereocenters. The van der Waals surface area contributed by atoms with Crippen molar-refractivity contribution in [1.29, 1.82) is 0 Å². The molecule has 0 amide bonds. The molecule has 0 radical (unpaired) electrons. The molecule has 34 heavy (non-hydrogen) atoms. The maximum Gasteiger partial charge on any atom is 0.336 e.